The van der Waals surface area contributed by atoms with Crippen molar-refractivity contribution in [3.63, 3.8) is 0 Å². The lowest BCUT2D eigenvalue weighted by Crippen LogP contribution is -2.34. The van der Waals surface area contributed by atoms with Gasteiger partial charge in [-0.15, -0.1) is 11.3 Å². The summed E-state index contributed by atoms with van der Waals surface area (Å²) >= 11 is 1.30. The van der Waals surface area contributed by atoms with Crippen LogP contribution in [-0.4, -0.2) is 25.8 Å². The lowest BCUT2D eigenvalue weighted by atomic mass is 10.1. The van der Waals surface area contributed by atoms with Crippen LogP contribution in [0.2, 0.25) is 0 Å². The van der Waals surface area contributed by atoms with Crippen LogP contribution < -0.4 is 4.72 Å². The number of thiophene rings is 1. The van der Waals surface area contributed by atoms with Crippen molar-refractivity contribution in [3.8, 4) is 0 Å². The normalized spacial score (nSPS) is 14.3. The van der Waals surface area contributed by atoms with Crippen molar-refractivity contribution in [3.05, 3.63) is 45.8 Å². The molecule has 1 amide bonds. The van der Waals surface area contributed by atoms with Crippen LogP contribution in [0.4, 0.5) is 5.69 Å². The van der Waals surface area contributed by atoms with Crippen molar-refractivity contribution in [2.45, 2.75) is 44.4 Å². The average molecular weight is 379 g/mol. The highest BCUT2D eigenvalue weighted by molar-refractivity contribution is 7.94. The molecular formula is C18H22N2O3S2. The molecule has 7 heteroatoms. The Hall–Kier alpha value is -1.86. The molecule has 5 nitrogen and oxygen atoms in total. The van der Waals surface area contributed by atoms with Gasteiger partial charge in [0, 0.05) is 30.1 Å². The van der Waals surface area contributed by atoms with E-state index in [4.69, 9.17) is 0 Å². The number of hydrogen-bond donors (Lipinski definition) is 1. The molecule has 0 spiro atoms. The fourth-order valence-electron chi connectivity index (χ4n) is 3.11. The smallest absolute Gasteiger partial charge is 0.271 e. The number of hydrogen-bond acceptors (Lipinski definition) is 4. The number of carbonyl (C=O) groups excluding carboxylic acids is 1. The molecule has 0 saturated carbocycles. The molecule has 0 aliphatic carbocycles. The number of nitrogens with one attached hydrogen (secondary N) is 1. The summed E-state index contributed by atoms with van der Waals surface area (Å²) in [5.74, 6) is 0.106. The first-order valence-corrected chi connectivity index (χ1v) is 10.6. The van der Waals surface area contributed by atoms with E-state index in [1.165, 1.54) is 11.3 Å². The number of nitrogens with zero attached hydrogens (tertiary/aromatic N) is 1. The number of aryl methyl sites for hydroxylation is 2. The quantitative estimate of drug-likeness (QED) is 0.886. The molecule has 0 radical (unpaired) electrons. The molecule has 1 aromatic heterocycles. The zero-order chi connectivity index (χ0) is 18.2. The monoisotopic (exact) mass is 378 g/mol. The Balaban J connectivity index is 1.85. The van der Waals surface area contributed by atoms with Crippen LogP contribution in [0.5, 0.6) is 0 Å². The Labute approximate surface area is 152 Å². The average Bonchev–Trinajstić information content (AvgIpc) is 2.96. The maximum Gasteiger partial charge on any atom is 0.271 e. The molecule has 0 unspecified atom stereocenters. The number of fused-ring (bicyclic) bond motifs is 1. The highest BCUT2D eigenvalue weighted by atomic mass is 32.2. The van der Waals surface area contributed by atoms with Crippen molar-refractivity contribution in [2.24, 2.45) is 0 Å². The van der Waals surface area contributed by atoms with Crippen molar-refractivity contribution >= 4 is 33.0 Å². The van der Waals surface area contributed by atoms with E-state index in [0.29, 0.717) is 35.8 Å². The fraction of sp³-hybridized carbons (Fsp3) is 0.389. The highest BCUT2D eigenvalue weighted by Crippen LogP contribution is 2.32. The minimum Gasteiger partial charge on any atom is -0.338 e. The highest BCUT2D eigenvalue weighted by Gasteiger charge is 2.26. The summed E-state index contributed by atoms with van der Waals surface area (Å²) in [7, 11) is -3.62. The summed E-state index contributed by atoms with van der Waals surface area (Å²) in [6.07, 6.45) is 1.18. The van der Waals surface area contributed by atoms with E-state index >= 15 is 0 Å². The van der Waals surface area contributed by atoms with Crippen molar-refractivity contribution < 1.29 is 13.2 Å². The number of sulfonamides is 1. The van der Waals surface area contributed by atoms with Crippen molar-refractivity contribution in [1.82, 2.24) is 4.90 Å². The first-order valence-electron chi connectivity index (χ1n) is 8.29. The van der Waals surface area contributed by atoms with E-state index < -0.39 is 10.0 Å². The van der Waals surface area contributed by atoms with E-state index in [0.717, 1.165) is 21.6 Å². The largest absolute Gasteiger partial charge is 0.338 e. The first kappa shape index (κ1) is 17.9. The van der Waals surface area contributed by atoms with Crippen LogP contribution in [0.3, 0.4) is 0 Å². The Morgan fingerprint density at radius 1 is 1.20 bits per heavy atom. The van der Waals surface area contributed by atoms with E-state index in [1.54, 1.807) is 11.0 Å². The standard InChI is InChI=1S/C18H22N2O3S2/c1-4-17(21)20-6-5-16-14(11-20)10-18(24-16)25(22,23)19-15-8-12(2)7-13(3)9-15/h7-10,19H,4-6,11H2,1-3H3. The van der Waals surface area contributed by atoms with Gasteiger partial charge in [0.2, 0.25) is 5.91 Å². The van der Waals surface area contributed by atoms with Crippen LogP contribution >= 0.6 is 11.3 Å². The summed E-state index contributed by atoms with van der Waals surface area (Å²) in [5, 5.41) is 0. The molecule has 1 aliphatic rings. The second kappa shape index (κ2) is 6.80. The molecule has 0 bridgehead atoms. The molecule has 2 aromatic rings. The van der Waals surface area contributed by atoms with Crippen LogP contribution in [-0.2, 0) is 27.8 Å². The minimum atomic E-state index is -3.62. The topological polar surface area (TPSA) is 66.5 Å². The number of amides is 1. The zero-order valence-corrected chi connectivity index (χ0v) is 16.3. The van der Waals surface area contributed by atoms with Gasteiger partial charge >= 0.3 is 0 Å². The second-order valence-corrected chi connectivity index (χ2v) is 9.46. The van der Waals surface area contributed by atoms with Gasteiger partial charge in [0.15, 0.2) is 0 Å². The molecule has 25 heavy (non-hydrogen) atoms. The van der Waals surface area contributed by atoms with Gasteiger partial charge in [-0.2, -0.15) is 0 Å². The Bertz CT molecular complexity index is 896. The van der Waals surface area contributed by atoms with Gasteiger partial charge in [0.1, 0.15) is 4.21 Å². The van der Waals surface area contributed by atoms with E-state index in [1.807, 2.05) is 39.0 Å². The van der Waals surface area contributed by atoms with Gasteiger partial charge in [-0.05, 0) is 55.2 Å². The molecule has 1 N–H and O–H groups in total. The SMILES string of the molecule is CCC(=O)N1CCc2sc(S(=O)(=O)Nc3cc(C)cc(C)c3)cc2C1. The van der Waals surface area contributed by atoms with Crippen LogP contribution in [0.1, 0.15) is 34.9 Å². The number of carbonyl (C=O) groups is 1. The van der Waals surface area contributed by atoms with Gasteiger partial charge < -0.3 is 4.90 Å². The lowest BCUT2D eigenvalue weighted by molar-refractivity contribution is -0.131. The minimum absolute atomic E-state index is 0.106. The molecule has 1 aliphatic heterocycles. The predicted octanol–water partition coefficient (Wildman–Crippen LogP) is 3.46. The van der Waals surface area contributed by atoms with Crippen molar-refractivity contribution in [2.75, 3.05) is 11.3 Å². The number of rotatable bonds is 4. The Kier molecular flexibility index (Phi) is 4.88. The maximum absolute atomic E-state index is 12.7. The lowest BCUT2D eigenvalue weighted by Gasteiger charge is -2.26. The fourth-order valence-corrected chi connectivity index (χ4v) is 5.70. The Morgan fingerprint density at radius 3 is 2.52 bits per heavy atom. The van der Waals surface area contributed by atoms with Crippen LogP contribution in [0.25, 0.3) is 0 Å². The third-order valence-corrected chi connectivity index (χ3v) is 7.33. The van der Waals surface area contributed by atoms with Gasteiger partial charge in [-0.25, -0.2) is 8.42 Å². The van der Waals surface area contributed by atoms with Crippen molar-refractivity contribution in [1.29, 1.82) is 0 Å². The molecule has 134 valence electrons. The molecule has 1 aromatic carbocycles. The van der Waals surface area contributed by atoms with Gasteiger partial charge in [0.25, 0.3) is 10.0 Å². The molecule has 2 heterocycles. The zero-order valence-electron chi connectivity index (χ0n) is 14.6. The third-order valence-electron chi connectivity index (χ3n) is 4.24. The summed E-state index contributed by atoms with van der Waals surface area (Å²) in [5.41, 5.74) is 3.54. The third kappa shape index (κ3) is 3.88. The number of benzene rings is 1. The second-order valence-electron chi connectivity index (χ2n) is 6.41. The predicted molar refractivity (Wildman–Crippen MR) is 100 cm³/mol. The van der Waals surface area contributed by atoms with E-state index in [9.17, 15) is 13.2 Å². The number of anilines is 1. The summed E-state index contributed by atoms with van der Waals surface area (Å²) in [4.78, 5) is 14.7. The van der Waals surface area contributed by atoms with Gasteiger partial charge in [0.05, 0.1) is 0 Å². The molecule has 0 atom stereocenters. The van der Waals surface area contributed by atoms with E-state index in [2.05, 4.69) is 4.72 Å². The first-order chi connectivity index (χ1) is 11.8. The maximum atomic E-state index is 12.7. The summed E-state index contributed by atoms with van der Waals surface area (Å²) in [6, 6.07) is 7.35. The molecule has 0 saturated heterocycles. The van der Waals surface area contributed by atoms with E-state index in [-0.39, 0.29) is 5.91 Å². The van der Waals surface area contributed by atoms with Gasteiger partial charge in [-0.1, -0.05) is 13.0 Å². The Morgan fingerprint density at radius 2 is 1.88 bits per heavy atom. The summed E-state index contributed by atoms with van der Waals surface area (Å²) in [6.45, 7) is 6.87. The van der Waals surface area contributed by atoms with Crippen LogP contribution in [0, 0.1) is 13.8 Å². The van der Waals surface area contributed by atoms with Gasteiger partial charge in [-0.3, -0.25) is 9.52 Å². The van der Waals surface area contributed by atoms with Crippen LogP contribution in [0.15, 0.2) is 28.5 Å². The molecule has 0 fully saturated rings. The molecule has 3 rings (SSSR count). The molecular weight excluding hydrogens is 356 g/mol. The summed E-state index contributed by atoms with van der Waals surface area (Å²) < 4.78 is 28.4.